The molecule has 0 aliphatic rings. The van der Waals surface area contributed by atoms with Crippen LogP contribution in [-0.2, 0) is 19.8 Å². The fraction of sp³-hybridized carbons (Fsp3) is 0.300. The van der Waals surface area contributed by atoms with Gasteiger partial charge in [-0.15, -0.1) is 0 Å². The molecule has 1 atom stereocenters. The highest BCUT2D eigenvalue weighted by molar-refractivity contribution is 8.05. The maximum atomic E-state index is 13.4. The lowest BCUT2D eigenvalue weighted by Gasteiger charge is -2.07. The van der Waals surface area contributed by atoms with Crippen LogP contribution in [0.2, 0.25) is 0 Å². The van der Waals surface area contributed by atoms with Gasteiger partial charge in [-0.1, -0.05) is 65.5 Å². The van der Waals surface area contributed by atoms with Gasteiger partial charge < -0.3 is 0 Å². The van der Waals surface area contributed by atoms with E-state index in [1.54, 1.807) is 48.5 Å². The maximum absolute atomic E-state index is 13.4. The first-order chi connectivity index (χ1) is 12.4. The summed E-state index contributed by atoms with van der Waals surface area (Å²) in [6.07, 6.45) is 5.67. The van der Waals surface area contributed by atoms with Gasteiger partial charge in [0.25, 0.3) is 10.0 Å². The second-order valence-electron chi connectivity index (χ2n) is 6.11. The molecule has 0 bridgehead atoms. The molecule has 0 saturated carbocycles. The molecule has 0 spiro atoms. The summed E-state index contributed by atoms with van der Waals surface area (Å²) in [5, 5.41) is 1.45. The first-order valence-corrected chi connectivity index (χ1v) is 11.7. The summed E-state index contributed by atoms with van der Waals surface area (Å²) in [5.74, 6) is 0. The monoisotopic (exact) mass is 391 g/mol. The molecular weight excluding hydrogens is 366 g/mol. The van der Waals surface area contributed by atoms with Gasteiger partial charge in [-0.3, -0.25) is 0 Å². The zero-order valence-corrected chi connectivity index (χ0v) is 16.8. The Balaban J connectivity index is 2.48. The smallest absolute Gasteiger partial charge is 0.239 e. The fourth-order valence-electron chi connectivity index (χ4n) is 2.37. The van der Waals surface area contributed by atoms with E-state index in [2.05, 4.69) is 10.7 Å². The number of hydrogen-bond donors (Lipinski definition) is 0. The van der Waals surface area contributed by atoms with Crippen LogP contribution in [0.3, 0.4) is 0 Å². The summed E-state index contributed by atoms with van der Waals surface area (Å²) in [6.45, 7) is 3.99. The normalized spacial score (nSPS) is 14.2. The van der Waals surface area contributed by atoms with Crippen molar-refractivity contribution in [1.82, 2.24) is 0 Å². The van der Waals surface area contributed by atoms with Crippen LogP contribution in [0, 0.1) is 6.92 Å². The molecule has 1 unspecified atom stereocenters. The minimum absolute atomic E-state index is 0.0474. The van der Waals surface area contributed by atoms with E-state index in [1.807, 2.05) is 6.92 Å². The second kappa shape index (κ2) is 9.14. The average Bonchev–Trinajstić information content (AvgIpc) is 2.62. The molecule has 0 fully saturated rings. The summed E-state index contributed by atoms with van der Waals surface area (Å²) < 4.78 is 42.7. The number of benzene rings is 2. The average molecular weight is 392 g/mol. The quantitative estimate of drug-likeness (QED) is 0.573. The number of unbranched alkanes of at least 4 members (excludes halogenated alkanes) is 3. The minimum atomic E-state index is -4.03. The van der Waals surface area contributed by atoms with E-state index in [0.717, 1.165) is 31.2 Å². The topological polar surface area (TPSA) is 63.6 Å². The minimum Gasteiger partial charge on any atom is -0.239 e. The molecule has 0 aliphatic carbocycles. The third kappa shape index (κ3) is 5.54. The summed E-state index contributed by atoms with van der Waals surface area (Å²) >= 11 is 0. The van der Waals surface area contributed by atoms with Crippen LogP contribution in [0.5, 0.6) is 0 Å². The van der Waals surface area contributed by atoms with Crippen LogP contribution >= 0.6 is 0 Å². The Morgan fingerprint density at radius 2 is 1.54 bits per heavy atom. The molecule has 140 valence electrons. The van der Waals surface area contributed by atoms with Crippen molar-refractivity contribution in [3.63, 3.8) is 0 Å². The maximum Gasteiger partial charge on any atom is 0.290 e. The van der Waals surface area contributed by atoms with Crippen molar-refractivity contribution in [2.45, 2.75) is 49.3 Å². The third-order valence-electron chi connectivity index (χ3n) is 3.86. The number of allylic oxidation sites excluding steroid dienone is 1. The molecule has 0 heterocycles. The van der Waals surface area contributed by atoms with Gasteiger partial charge >= 0.3 is 0 Å². The van der Waals surface area contributed by atoms with Crippen LogP contribution in [0.15, 0.2) is 79.6 Å². The Morgan fingerprint density at radius 1 is 0.885 bits per heavy atom. The van der Waals surface area contributed by atoms with Gasteiger partial charge in [0.15, 0.2) is 0 Å². The molecule has 0 radical (unpaired) electrons. The molecular formula is C20H25NO3S2. The van der Waals surface area contributed by atoms with E-state index in [4.69, 9.17) is 0 Å². The van der Waals surface area contributed by atoms with Gasteiger partial charge in [-0.25, -0.2) is 4.21 Å². The molecule has 0 saturated heterocycles. The Labute approximate surface area is 157 Å². The molecule has 0 aromatic heterocycles. The lowest BCUT2D eigenvalue weighted by molar-refractivity contribution is 0.598. The predicted octanol–water partition coefficient (Wildman–Crippen LogP) is 5.30. The lowest BCUT2D eigenvalue weighted by atomic mass is 10.2. The van der Waals surface area contributed by atoms with Crippen LogP contribution in [-0.4, -0.2) is 12.6 Å². The van der Waals surface area contributed by atoms with Crippen molar-refractivity contribution in [2.24, 2.45) is 3.77 Å². The lowest BCUT2D eigenvalue weighted by Crippen LogP contribution is -2.04. The van der Waals surface area contributed by atoms with Crippen LogP contribution < -0.4 is 0 Å². The summed E-state index contributed by atoms with van der Waals surface area (Å²) in [7, 11) is -7.25. The molecule has 2 rings (SSSR count). The highest BCUT2D eigenvalue weighted by Gasteiger charge is 2.18. The van der Waals surface area contributed by atoms with Gasteiger partial charge in [0, 0.05) is 5.41 Å². The zero-order valence-electron chi connectivity index (χ0n) is 15.2. The van der Waals surface area contributed by atoms with E-state index < -0.39 is 19.8 Å². The van der Waals surface area contributed by atoms with E-state index >= 15 is 0 Å². The van der Waals surface area contributed by atoms with Gasteiger partial charge in [0.05, 0.1) is 9.79 Å². The fourth-order valence-corrected chi connectivity index (χ4v) is 6.01. The molecule has 2 aromatic rings. The van der Waals surface area contributed by atoms with Crippen molar-refractivity contribution in [3.05, 3.63) is 71.6 Å². The number of nitrogens with zero attached hydrogens (tertiary/aromatic N) is 1. The van der Waals surface area contributed by atoms with Crippen molar-refractivity contribution >= 4 is 19.8 Å². The van der Waals surface area contributed by atoms with Gasteiger partial charge in [0.2, 0.25) is 0 Å². The Morgan fingerprint density at radius 3 is 2.15 bits per heavy atom. The number of sulfonamides is 1. The third-order valence-corrected chi connectivity index (χ3v) is 7.91. The SMILES string of the molecule is CCCCC/C=C/S(=O)(=NS(=O)(=O)c1ccc(C)cc1)c1ccccc1. The first-order valence-electron chi connectivity index (χ1n) is 8.69. The Hall–Kier alpha value is -1.92. The van der Waals surface area contributed by atoms with Gasteiger partial charge in [0.1, 0.15) is 9.73 Å². The predicted molar refractivity (Wildman–Crippen MR) is 107 cm³/mol. The van der Waals surface area contributed by atoms with Crippen LogP contribution in [0.1, 0.15) is 38.2 Å². The molecule has 0 aliphatic heterocycles. The molecule has 26 heavy (non-hydrogen) atoms. The van der Waals surface area contributed by atoms with E-state index in [1.165, 1.54) is 17.5 Å². The number of rotatable bonds is 8. The number of aryl methyl sites for hydroxylation is 1. The Kier molecular flexibility index (Phi) is 7.17. The van der Waals surface area contributed by atoms with Gasteiger partial charge in [-0.2, -0.15) is 8.42 Å². The molecule has 2 aromatic carbocycles. The highest BCUT2D eigenvalue weighted by atomic mass is 32.3. The van der Waals surface area contributed by atoms with Gasteiger partial charge in [-0.05, 0) is 44.0 Å². The summed E-state index contributed by atoms with van der Waals surface area (Å²) in [6, 6.07) is 14.9. The van der Waals surface area contributed by atoms with Crippen LogP contribution in [0.4, 0.5) is 0 Å². The summed E-state index contributed by atoms with van der Waals surface area (Å²) in [5.41, 5.74) is 0.948. The molecule has 4 nitrogen and oxygen atoms in total. The van der Waals surface area contributed by atoms with Crippen molar-refractivity contribution < 1.29 is 12.6 Å². The molecule has 0 amide bonds. The van der Waals surface area contributed by atoms with Crippen molar-refractivity contribution in [1.29, 1.82) is 0 Å². The first kappa shape index (κ1) is 20.4. The second-order valence-corrected chi connectivity index (χ2v) is 10.0. The summed E-state index contributed by atoms with van der Waals surface area (Å²) in [4.78, 5) is 0.438. The van der Waals surface area contributed by atoms with Crippen LogP contribution in [0.25, 0.3) is 0 Å². The van der Waals surface area contributed by atoms with E-state index in [9.17, 15) is 12.6 Å². The van der Waals surface area contributed by atoms with Crippen molar-refractivity contribution in [3.8, 4) is 0 Å². The number of hydrogen-bond acceptors (Lipinski definition) is 3. The van der Waals surface area contributed by atoms with E-state index in [-0.39, 0.29) is 4.90 Å². The standard InChI is InChI=1S/C20H25NO3S2/c1-3-4-5-6-10-17-25(22,19-11-8-7-9-12-19)21-26(23,24)20-15-13-18(2)14-16-20/h7-17H,3-6H2,1-2H3/b17-10+. The van der Waals surface area contributed by atoms with Crippen molar-refractivity contribution in [2.75, 3.05) is 0 Å². The zero-order chi connectivity index (χ0) is 19.0. The van der Waals surface area contributed by atoms with E-state index in [0.29, 0.717) is 4.90 Å². The molecule has 0 N–H and O–H groups in total. The largest absolute Gasteiger partial charge is 0.290 e. The highest BCUT2D eigenvalue weighted by Crippen LogP contribution is 2.22. The Bertz CT molecular complexity index is 954. The molecule has 6 heteroatoms.